The van der Waals surface area contributed by atoms with E-state index in [2.05, 4.69) is 25.3 Å². The van der Waals surface area contributed by atoms with Crippen molar-refractivity contribution in [1.82, 2.24) is 25.1 Å². The molecule has 8 heteroatoms. The average Bonchev–Trinajstić information content (AvgIpc) is 2.99. The van der Waals surface area contributed by atoms with E-state index >= 15 is 0 Å². The summed E-state index contributed by atoms with van der Waals surface area (Å²) in [5, 5.41) is 8.15. The van der Waals surface area contributed by atoms with Crippen molar-refractivity contribution in [2.75, 3.05) is 38.3 Å². The van der Waals surface area contributed by atoms with Crippen molar-refractivity contribution in [2.45, 2.75) is 25.8 Å². The van der Waals surface area contributed by atoms with Gasteiger partial charge in [-0.3, -0.25) is 4.79 Å². The molecule has 0 spiro atoms. The molecule has 1 fully saturated rings. The normalized spacial score (nSPS) is 15.1. The van der Waals surface area contributed by atoms with Gasteiger partial charge in [-0.05, 0) is 19.3 Å². The van der Waals surface area contributed by atoms with Gasteiger partial charge in [0.2, 0.25) is 5.91 Å². The average molecular weight is 318 g/mol. The van der Waals surface area contributed by atoms with Gasteiger partial charge in [0.15, 0.2) is 5.65 Å². The van der Waals surface area contributed by atoms with Crippen LogP contribution in [0.5, 0.6) is 0 Å². The van der Waals surface area contributed by atoms with Crippen molar-refractivity contribution in [3.63, 3.8) is 0 Å². The standard InChI is InChI=1S/C15H22N6O2/c1-23-10-13(22)16-5-8-21-15-12(9-19-21)14(17-11-18-15)20-6-3-2-4-7-20/h9,11H,2-8,10H2,1H3,(H,16,22). The number of carbonyl (C=O) groups is 1. The zero-order chi connectivity index (χ0) is 16.1. The van der Waals surface area contributed by atoms with Crippen LogP contribution in [-0.4, -0.2) is 59.0 Å². The van der Waals surface area contributed by atoms with Crippen LogP contribution < -0.4 is 10.2 Å². The van der Waals surface area contributed by atoms with Gasteiger partial charge >= 0.3 is 0 Å². The summed E-state index contributed by atoms with van der Waals surface area (Å²) in [5.74, 6) is 0.831. The number of aromatic nitrogens is 4. The number of piperidine rings is 1. The maximum absolute atomic E-state index is 11.4. The van der Waals surface area contributed by atoms with Gasteiger partial charge in [0, 0.05) is 26.7 Å². The first-order valence-electron chi connectivity index (χ1n) is 7.96. The van der Waals surface area contributed by atoms with Crippen LogP contribution in [-0.2, 0) is 16.1 Å². The maximum atomic E-state index is 11.4. The number of anilines is 1. The van der Waals surface area contributed by atoms with E-state index in [0.717, 1.165) is 29.9 Å². The lowest BCUT2D eigenvalue weighted by Crippen LogP contribution is -2.30. The second kappa shape index (κ2) is 7.36. The molecule has 124 valence electrons. The van der Waals surface area contributed by atoms with Gasteiger partial charge in [0.25, 0.3) is 0 Å². The molecule has 3 heterocycles. The molecule has 1 aliphatic rings. The van der Waals surface area contributed by atoms with Crippen molar-refractivity contribution in [1.29, 1.82) is 0 Å². The van der Waals surface area contributed by atoms with Gasteiger partial charge in [-0.1, -0.05) is 0 Å². The van der Waals surface area contributed by atoms with E-state index in [1.165, 1.54) is 26.4 Å². The molecule has 0 radical (unpaired) electrons. The number of rotatable bonds is 6. The molecule has 2 aromatic rings. The van der Waals surface area contributed by atoms with Crippen LogP contribution in [0.2, 0.25) is 0 Å². The first kappa shape index (κ1) is 15.7. The minimum absolute atomic E-state index is 0.0706. The van der Waals surface area contributed by atoms with Gasteiger partial charge in [-0.15, -0.1) is 0 Å². The Balaban J connectivity index is 1.72. The highest BCUT2D eigenvalue weighted by molar-refractivity contribution is 5.86. The van der Waals surface area contributed by atoms with Crippen LogP contribution in [0.15, 0.2) is 12.5 Å². The smallest absolute Gasteiger partial charge is 0.246 e. The first-order valence-corrected chi connectivity index (χ1v) is 7.96. The summed E-state index contributed by atoms with van der Waals surface area (Å²) in [5.41, 5.74) is 0.807. The number of nitrogens with one attached hydrogen (secondary N) is 1. The predicted molar refractivity (Wildman–Crippen MR) is 86.3 cm³/mol. The molecule has 0 aliphatic carbocycles. The van der Waals surface area contributed by atoms with Crippen LogP contribution in [0.3, 0.4) is 0 Å². The van der Waals surface area contributed by atoms with Crippen molar-refractivity contribution in [2.24, 2.45) is 0 Å². The van der Waals surface area contributed by atoms with Gasteiger partial charge in [0.1, 0.15) is 18.8 Å². The highest BCUT2D eigenvalue weighted by atomic mass is 16.5. The monoisotopic (exact) mass is 318 g/mol. The summed E-state index contributed by atoms with van der Waals surface area (Å²) in [6, 6.07) is 0. The molecule has 2 aromatic heterocycles. The van der Waals surface area contributed by atoms with E-state index in [-0.39, 0.29) is 12.5 Å². The van der Waals surface area contributed by atoms with E-state index in [1.807, 2.05) is 6.20 Å². The number of nitrogens with zero attached hydrogens (tertiary/aromatic N) is 5. The summed E-state index contributed by atoms with van der Waals surface area (Å²) in [6.45, 7) is 3.19. The van der Waals surface area contributed by atoms with E-state index in [1.54, 1.807) is 11.0 Å². The molecule has 1 aliphatic heterocycles. The molecule has 8 nitrogen and oxygen atoms in total. The van der Waals surface area contributed by atoms with E-state index in [0.29, 0.717) is 13.1 Å². The summed E-state index contributed by atoms with van der Waals surface area (Å²) < 4.78 is 6.59. The van der Waals surface area contributed by atoms with Crippen LogP contribution in [0.4, 0.5) is 5.82 Å². The fourth-order valence-corrected chi connectivity index (χ4v) is 2.89. The number of hydrogen-bond donors (Lipinski definition) is 1. The van der Waals surface area contributed by atoms with Crippen molar-refractivity contribution < 1.29 is 9.53 Å². The Bertz CT molecular complexity index is 665. The number of hydrogen-bond acceptors (Lipinski definition) is 6. The third kappa shape index (κ3) is 3.58. The number of ether oxygens (including phenoxy) is 1. The molecule has 0 aromatic carbocycles. The van der Waals surface area contributed by atoms with E-state index in [4.69, 9.17) is 4.74 Å². The molecule has 0 bridgehead atoms. The summed E-state index contributed by atoms with van der Waals surface area (Å²) >= 11 is 0. The van der Waals surface area contributed by atoms with E-state index in [9.17, 15) is 4.79 Å². The zero-order valence-corrected chi connectivity index (χ0v) is 13.4. The third-order valence-electron chi connectivity index (χ3n) is 3.99. The van der Waals surface area contributed by atoms with Crippen molar-refractivity contribution >= 4 is 22.8 Å². The second-order valence-corrected chi connectivity index (χ2v) is 5.63. The first-order chi connectivity index (χ1) is 11.3. The summed E-state index contributed by atoms with van der Waals surface area (Å²) in [7, 11) is 1.50. The number of carbonyl (C=O) groups excluding carboxylic acids is 1. The van der Waals surface area contributed by atoms with Crippen molar-refractivity contribution in [3.8, 4) is 0 Å². The Morgan fingerprint density at radius 1 is 1.30 bits per heavy atom. The Kier molecular flexibility index (Phi) is 5.02. The number of amides is 1. The highest BCUT2D eigenvalue weighted by Crippen LogP contribution is 2.25. The molecule has 0 atom stereocenters. The molecule has 3 rings (SSSR count). The zero-order valence-electron chi connectivity index (χ0n) is 13.4. The van der Waals surface area contributed by atoms with Gasteiger partial charge < -0.3 is 15.0 Å². The Hall–Kier alpha value is -2.22. The second-order valence-electron chi connectivity index (χ2n) is 5.63. The molecular formula is C15H22N6O2. The predicted octanol–water partition coefficient (Wildman–Crippen LogP) is 0.579. The lowest BCUT2D eigenvalue weighted by Gasteiger charge is -2.27. The van der Waals surface area contributed by atoms with Gasteiger partial charge in [0.05, 0.1) is 18.1 Å². The molecular weight excluding hydrogens is 296 g/mol. The largest absolute Gasteiger partial charge is 0.375 e. The quantitative estimate of drug-likeness (QED) is 0.838. The Labute approximate surface area is 134 Å². The molecule has 0 saturated carbocycles. The Morgan fingerprint density at radius 2 is 2.13 bits per heavy atom. The number of methoxy groups -OCH3 is 1. The third-order valence-corrected chi connectivity index (χ3v) is 3.99. The molecule has 0 unspecified atom stereocenters. The SMILES string of the molecule is COCC(=O)NCCn1ncc2c(N3CCCCC3)ncnc21. The summed E-state index contributed by atoms with van der Waals surface area (Å²) in [6.07, 6.45) is 7.09. The lowest BCUT2D eigenvalue weighted by molar-refractivity contribution is -0.124. The fraction of sp³-hybridized carbons (Fsp3) is 0.600. The van der Waals surface area contributed by atoms with Crippen LogP contribution in [0.1, 0.15) is 19.3 Å². The molecule has 1 saturated heterocycles. The topological polar surface area (TPSA) is 85.2 Å². The molecule has 1 N–H and O–H groups in total. The summed E-state index contributed by atoms with van der Waals surface area (Å²) in [4.78, 5) is 22.5. The Morgan fingerprint density at radius 3 is 2.91 bits per heavy atom. The number of fused-ring (bicyclic) bond motifs is 1. The van der Waals surface area contributed by atoms with Gasteiger partial charge in [-0.25, -0.2) is 14.6 Å². The van der Waals surface area contributed by atoms with Crippen LogP contribution in [0, 0.1) is 0 Å². The van der Waals surface area contributed by atoms with Crippen LogP contribution >= 0.6 is 0 Å². The molecule has 23 heavy (non-hydrogen) atoms. The maximum Gasteiger partial charge on any atom is 0.246 e. The minimum atomic E-state index is -0.132. The van der Waals surface area contributed by atoms with E-state index < -0.39 is 0 Å². The lowest BCUT2D eigenvalue weighted by atomic mass is 10.1. The van der Waals surface area contributed by atoms with Gasteiger partial charge in [-0.2, -0.15) is 5.10 Å². The fourth-order valence-electron chi connectivity index (χ4n) is 2.89. The minimum Gasteiger partial charge on any atom is -0.375 e. The van der Waals surface area contributed by atoms with Crippen molar-refractivity contribution in [3.05, 3.63) is 12.5 Å². The highest BCUT2D eigenvalue weighted by Gasteiger charge is 2.17. The molecule has 1 amide bonds. The van der Waals surface area contributed by atoms with Crippen LogP contribution in [0.25, 0.3) is 11.0 Å².